The van der Waals surface area contributed by atoms with Gasteiger partial charge in [0.15, 0.2) is 22.8 Å². The van der Waals surface area contributed by atoms with Gasteiger partial charge in [0.05, 0.1) is 17.6 Å². The molecule has 0 atom stereocenters. The Hall–Kier alpha value is -3.94. The summed E-state index contributed by atoms with van der Waals surface area (Å²) in [5.41, 5.74) is 4.42. The Morgan fingerprint density at radius 1 is 0.861 bits per heavy atom. The van der Waals surface area contributed by atoms with Crippen molar-refractivity contribution < 1.29 is 9.47 Å². The Balaban J connectivity index is 1.57. The summed E-state index contributed by atoms with van der Waals surface area (Å²) >= 11 is 0. The van der Waals surface area contributed by atoms with Crippen molar-refractivity contribution in [3.05, 3.63) is 64.2 Å². The van der Waals surface area contributed by atoms with Crippen LogP contribution in [0, 0.1) is 0 Å². The van der Waals surface area contributed by atoms with E-state index in [2.05, 4.69) is 6.92 Å². The molecule has 0 radical (unpaired) electrons. The number of aryl methyl sites for hydroxylation is 1. The second-order valence-electron chi connectivity index (χ2n) is 9.26. The summed E-state index contributed by atoms with van der Waals surface area (Å²) in [6, 6.07) is 13.7. The number of fused-ring (bicyclic) bond motifs is 5. The molecule has 0 saturated carbocycles. The van der Waals surface area contributed by atoms with Crippen LogP contribution in [-0.4, -0.2) is 30.9 Å². The van der Waals surface area contributed by atoms with E-state index in [4.69, 9.17) is 24.4 Å². The predicted octanol–water partition coefficient (Wildman–Crippen LogP) is 5.21. The molecule has 0 amide bonds. The summed E-state index contributed by atoms with van der Waals surface area (Å²) in [7, 11) is 0. The van der Waals surface area contributed by atoms with Gasteiger partial charge in [-0.1, -0.05) is 51.3 Å². The van der Waals surface area contributed by atoms with E-state index in [0.29, 0.717) is 41.7 Å². The van der Waals surface area contributed by atoms with Crippen LogP contribution in [0.4, 0.5) is 0 Å². The molecule has 0 saturated heterocycles. The van der Waals surface area contributed by atoms with Crippen molar-refractivity contribution >= 4 is 33.2 Å². The van der Waals surface area contributed by atoms with Crippen molar-refractivity contribution in [2.75, 3.05) is 6.79 Å². The summed E-state index contributed by atoms with van der Waals surface area (Å²) in [4.78, 5) is 28.9. The zero-order chi connectivity index (χ0) is 24.6. The van der Waals surface area contributed by atoms with Gasteiger partial charge >= 0.3 is 0 Å². The van der Waals surface area contributed by atoms with E-state index in [-0.39, 0.29) is 12.4 Å². The van der Waals surface area contributed by atoms with Gasteiger partial charge in [0.1, 0.15) is 16.7 Å². The molecule has 4 heterocycles. The third kappa shape index (κ3) is 3.77. The highest BCUT2D eigenvalue weighted by molar-refractivity contribution is 6.04. The Morgan fingerprint density at radius 3 is 2.47 bits per heavy atom. The van der Waals surface area contributed by atoms with Gasteiger partial charge in [-0.15, -0.1) is 0 Å². The lowest BCUT2D eigenvalue weighted by atomic mass is 10.2. The molecule has 1 aliphatic rings. The monoisotopic (exact) mass is 483 g/mol. The Morgan fingerprint density at radius 2 is 1.67 bits per heavy atom. The number of hydrogen-bond donors (Lipinski definition) is 0. The van der Waals surface area contributed by atoms with E-state index in [1.54, 1.807) is 0 Å². The van der Waals surface area contributed by atoms with Gasteiger partial charge in [-0.05, 0) is 36.2 Å². The number of hydrogen-bond acceptors (Lipinski definition) is 6. The normalized spacial score (nSPS) is 12.8. The lowest BCUT2D eigenvalue weighted by Gasteiger charge is -2.12. The topological polar surface area (TPSA) is 84.1 Å². The van der Waals surface area contributed by atoms with Crippen molar-refractivity contribution in [3.8, 4) is 11.5 Å². The van der Waals surface area contributed by atoms with Crippen LogP contribution in [0.5, 0.6) is 11.5 Å². The largest absolute Gasteiger partial charge is 0.454 e. The van der Waals surface area contributed by atoms with E-state index in [9.17, 15) is 4.79 Å². The average Bonchev–Trinajstić information content (AvgIpc) is 3.48. The number of nitrogens with zero attached hydrogens (tertiary/aromatic N) is 5. The van der Waals surface area contributed by atoms with Crippen molar-refractivity contribution in [1.29, 1.82) is 0 Å². The van der Waals surface area contributed by atoms with Crippen LogP contribution in [-0.2, 0) is 19.5 Å². The number of benzene rings is 2. The minimum absolute atomic E-state index is 0.0348. The predicted molar refractivity (Wildman–Crippen MR) is 140 cm³/mol. The quantitative estimate of drug-likeness (QED) is 0.282. The molecule has 5 aromatic rings. The van der Waals surface area contributed by atoms with E-state index < -0.39 is 0 Å². The maximum Gasteiger partial charge on any atom is 0.265 e. The molecule has 3 aromatic heterocycles. The van der Waals surface area contributed by atoms with Crippen LogP contribution >= 0.6 is 0 Å². The van der Waals surface area contributed by atoms with Crippen molar-refractivity contribution in [1.82, 2.24) is 24.1 Å². The van der Waals surface area contributed by atoms with Crippen LogP contribution < -0.4 is 15.0 Å². The average molecular weight is 484 g/mol. The Kier molecular flexibility index (Phi) is 5.79. The third-order valence-corrected chi connectivity index (χ3v) is 6.86. The molecule has 184 valence electrons. The van der Waals surface area contributed by atoms with Crippen LogP contribution in [0.2, 0.25) is 0 Å². The highest BCUT2D eigenvalue weighted by Gasteiger charge is 2.22. The molecule has 2 aromatic carbocycles. The Labute approximate surface area is 208 Å². The van der Waals surface area contributed by atoms with Gasteiger partial charge in [0.25, 0.3) is 5.56 Å². The molecule has 0 fully saturated rings. The molecular weight excluding hydrogens is 454 g/mol. The summed E-state index contributed by atoms with van der Waals surface area (Å²) < 4.78 is 14.9. The lowest BCUT2D eigenvalue weighted by Crippen LogP contribution is -2.25. The first kappa shape index (κ1) is 22.5. The summed E-state index contributed by atoms with van der Waals surface area (Å²) in [5, 5.41) is 0.539. The maximum atomic E-state index is 13.9. The SMILES string of the molecule is CCCCCCn1c(CC)nc2c(c1=O)c1nc3ccccc3nc1n2Cc1ccc2c(c1)OCO2. The second kappa shape index (κ2) is 9.26. The third-order valence-electron chi connectivity index (χ3n) is 6.86. The van der Waals surface area contributed by atoms with Gasteiger partial charge in [0, 0.05) is 13.0 Å². The highest BCUT2D eigenvalue weighted by atomic mass is 16.7. The van der Waals surface area contributed by atoms with Crippen LogP contribution in [0.3, 0.4) is 0 Å². The fourth-order valence-corrected chi connectivity index (χ4v) is 5.00. The molecule has 0 spiro atoms. The molecule has 1 aliphatic heterocycles. The van der Waals surface area contributed by atoms with Gasteiger partial charge in [-0.25, -0.2) is 15.0 Å². The Bertz CT molecular complexity index is 1650. The standard InChI is InChI=1S/C28H29N5O3/c1-3-5-6-9-14-32-23(4-2)31-26-24(28(32)34)25-27(30-20-11-8-7-10-19(20)29-25)33(26)16-18-12-13-21-22(15-18)36-17-35-21/h7-8,10-13,15H,3-6,9,14,16-17H2,1-2H3. The van der Waals surface area contributed by atoms with E-state index in [0.717, 1.165) is 59.6 Å². The van der Waals surface area contributed by atoms with Crippen LogP contribution in [0.1, 0.15) is 50.9 Å². The van der Waals surface area contributed by atoms with Crippen molar-refractivity contribution in [2.45, 2.75) is 59.0 Å². The first-order chi connectivity index (χ1) is 17.7. The van der Waals surface area contributed by atoms with Crippen LogP contribution in [0.25, 0.3) is 33.2 Å². The molecule has 6 rings (SSSR count). The van der Waals surface area contributed by atoms with Gasteiger partial charge in [-0.2, -0.15) is 0 Å². The number of rotatable bonds is 8. The molecule has 0 N–H and O–H groups in total. The smallest absolute Gasteiger partial charge is 0.265 e. The van der Waals surface area contributed by atoms with Crippen LogP contribution in [0.15, 0.2) is 47.3 Å². The van der Waals surface area contributed by atoms with Crippen molar-refractivity contribution in [2.24, 2.45) is 0 Å². The van der Waals surface area contributed by atoms with E-state index in [1.807, 2.05) is 58.5 Å². The van der Waals surface area contributed by atoms with E-state index in [1.165, 1.54) is 0 Å². The number of aromatic nitrogens is 5. The van der Waals surface area contributed by atoms with Crippen molar-refractivity contribution in [3.63, 3.8) is 0 Å². The molecule has 0 aliphatic carbocycles. The lowest BCUT2D eigenvalue weighted by molar-refractivity contribution is 0.174. The number of unbranched alkanes of at least 4 members (excludes halogenated alkanes) is 3. The minimum atomic E-state index is -0.0348. The van der Waals surface area contributed by atoms with Gasteiger partial charge in [-0.3, -0.25) is 9.36 Å². The first-order valence-electron chi connectivity index (χ1n) is 12.7. The first-order valence-corrected chi connectivity index (χ1v) is 12.7. The molecular formula is C28H29N5O3. The summed E-state index contributed by atoms with van der Waals surface area (Å²) in [5.74, 6) is 2.26. The van der Waals surface area contributed by atoms with E-state index >= 15 is 0 Å². The maximum absolute atomic E-state index is 13.9. The zero-order valence-corrected chi connectivity index (χ0v) is 20.7. The van der Waals surface area contributed by atoms with Gasteiger partial charge in [0.2, 0.25) is 6.79 Å². The fourth-order valence-electron chi connectivity index (χ4n) is 5.00. The summed E-state index contributed by atoms with van der Waals surface area (Å²) in [6.45, 7) is 5.62. The molecule has 8 nitrogen and oxygen atoms in total. The molecule has 36 heavy (non-hydrogen) atoms. The molecule has 0 unspecified atom stereocenters. The number of para-hydroxylation sites is 2. The molecule has 0 bridgehead atoms. The highest BCUT2D eigenvalue weighted by Crippen LogP contribution is 2.34. The number of ether oxygens (including phenoxy) is 2. The molecule has 8 heteroatoms. The summed E-state index contributed by atoms with van der Waals surface area (Å²) in [6.07, 6.45) is 5.05. The fraction of sp³-hybridized carbons (Fsp3) is 0.357. The van der Waals surface area contributed by atoms with Gasteiger partial charge < -0.3 is 14.0 Å². The zero-order valence-electron chi connectivity index (χ0n) is 20.7. The second-order valence-corrected chi connectivity index (χ2v) is 9.26. The minimum Gasteiger partial charge on any atom is -0.454 e.